The van der Waals surface area contributed by atoms with E-state index in [0.29, 0.717) is 6.04 Å². The van der Waals surface area contributed by atoms with Crippen LogP contribution in [-0.4, -0.2) is 19.7 Å². The quantitative estimate of drug-likeness (QED) is 0.887. The maximum absolute atomic E-state index is 5.20. The van der Waals surface area contributed by atoms with Gasteiger partial charge < -0.3 is 10.1 Å². The van der Waals surface area contributed by atoms with Crippen LogP contribution in [0.25, 0.3) is 0 Å². The van der Waals surface area contributed by atoms with Crippen LogP contribution in [0.2, 0.25) is 0 Å². The van der Waals surface area contributed by atoms with Crippen molar-refractivity contribution in [3.8, 4) is 0 Å². The molecule has 0 heterocycles. The molecule has 0 saturated heterocycles. The van der Waals surface area contributed by atoms with Gasteiger partial charge in [0.15, 0.2) is 0 Å². The van der Waals surface area contributed by atoms with Gasteiger partial charge >= 0.3 is 0 Å². The van der Waals surface area contributed by atoms with Crippen LogP contribution in [0, 0.1) is 0 Å². The highest BCUT2D eigenvalue weighted by Crippen LogP contribution is 2.23. The van der Waals surface area contributed by atoms with Gasteiger partial charge in [0, 0.05) is 13.2 Å². The van der Waals surface area contributed by atoms with E-state index in [1.54, 1.807) is 7.11 Å². The fourth-order valence-electron chi connectivity index (χ4n) is 2.59. The van der Waals surface area contributed by atoms with E-state index in [-0.39, 0.29) is 12.4 Å². The van der Waals surface area contributed by atoms with Crippen molar-refractivity contribution < 1.29 is 4.74 Å². The van der Waals surface area contributed by atoms with Crippen molar-refractivity contribution in [1.82, 2.24) is 5.32 Å². The maximum atomic E-state index is 5.20. The fourth-order valence-corrected chi connectivity index (χ4v) is 2.59. The smallest absolute Gasteiger partial charge is 0.0713 e. The molecule has 1 aromatic carbocycles. The van der Waals surface area contributed by atoms with Crippen molar-refractivity contribution in [3.63, 3.8) is 0 Å². The minimum atomic E-state index is 0. The molecule has 1 N–H and O–H groups in total. The van der Waals surface area contributed by atoms with Crippen LogP contribution in [0.4, 0.5) is 0 Å². The average molecular weight is 270 g/mol. The Morgan fingerprint density at radius 2 is 2.17 bits per heavy atom. The molecule has 3 heteroatoms. The molecule has 0 fully saturated rings. The summed E-state index contributed by atoms with van der Waals surface area (Å²) in [5.74, 6) is 0. The first kappa shape index (κ1) is 15.5. The molecule has 0 bridgehead atoms. The molecule has 1 atom stereocenters. The minimum Gasteiger partial charge on any atom is -0.380 e. The Kier molecular flexibility index (Phi) is 6.69. The lowest BCUT2D eigenvalue weighted by molar-refractivity contribution is 0.185. The minimum absolute atomic E-state index is 0. The Balaban J connectivity index is 0.00000162. The third kappa shape index (κ3) is 3.98. The summed E-state index contributed by atoms with van der Waals surface area (Å²) in [5.41, 5.74) is 4.33. The highest BCUT2D eigenvalue weighted by atomic mass is 35.5. The summed E-state index contributed by atoms with van der Waals surface area (Å²) in [5, 5.41) is 3.63. The van der Waals surface area contributed by atoms with Crippen LogP contribution in [0.15, 0.2) is 18.2 Å². The molecular weight excluding hydrogens is 246 g/mol. The van der Waals surface area contributed by atoms with Crippen molar-refractivity contribution in [2.75, 3.05) is 13.7 Å². The Morgan fingerprint density at radius 1 is 1.33 bits per heavy atom. The second-order valence-corrected chi connectivity index (χ2v) is 4.93. The van der Waals surface area contributed by atoms with Crippen LogP contribution in [0.5, 0.6) is 0 Å². The van der Waals surface area contributed by atoms with Crippen LogP contribution in [0.3, 0.4) is 0 Å². The van der Waals surface area contributed by atoms with E-state index in [9.17, 15) is 0 Å². The highest BCUT2D eigenvalue weighted by Gasteiger charge is 2.17. The number of nitrogens with one attached hydrogen (secondary N) is 1. The Hall–Kier alpha value is -0.570. The summed E-state index contributed by atoms with van der Waals surface area (Å²) >= 11 is 0. The molecule has 18 heavy (non-hydrogen) atoms. The van der Waals surface area contributed by atoms with Crippen molar-refractivity contribution in [1.29, 1.82) is 0 Å². The van der Waals surface area contributed by atoms with Crippen LogP contribution in [0.1, 0.15) is 36.5 Å². The number of methoxy groups -OCH3 is 1. The zero-order chi connectivity index (χ0) is 12.1. The van der Waals surface area contributed by atoms with Crippen molar-refractivity contribution in [3.05, 3.63) is 34.9 Å². The molecule has 102 valence electrons. The van der Waals surface area contributed by atoms with Gasteiger partial charge in [0.05, 0.1) is 6.61 Å². The molecule has 1 aliphatic rings. The van der Waals surface area contributed by atoms with Crippen LogP contribution < -0.4 is 5.32 Å². The molecule has 0 spiro atoms. The number of rotatable bonds is 5. The van der Waals surface area contributed by atoms with Gasteiger partial charge in [-0.2, -0.15) is 0 Å². The summed E-state index contributed by atoms with van der Waals surface area (Å²) in [7, 11) is 1.76. The molecule has 1 unspecified atom stereocenters. The number of hydrogen-bond acceptors (Lipinski definition) is 2. The maximum Gasteiger partial charge on any atom is 0.0713 e. The first-order valence-electron chi connectivity index (χ1n) is 6.66. The van der Waals surface area contributed by atoms with E-state index in [4.69, 9.17) is 4.74 Å². The van der Waals surface area contributed by atoms with Gasteiger partial charge in [-0.15, -0.1) is 12.4 Å². The van der Waals surface area contributed by atoms with Gasteiger partial charge in [-0.1, -0.05) is 25.1 Å². The molecular formula is C15H24ClNO. The number of aryl methyl sites for hydroxylation is 1. The summed E-state index contributed by atoms with van der Waals surface area (Å²) in [4.78, 5) is 0. The topological polar surface area (TPSA) is 21.3 Å². The van der Waals surface area contributed by atoms with Crippen molar-refractivity contribution in [2.24, 2.45) is 0 Å². The standard InChI is InChI=1S/C15H23NO.ClH/c1-3-8-16-15-7-6-13-5-4-12(11-17-2)9-14(13)10-15;/h4-5,9,15-16H,3,6-8,10-11H2,1-2H3;1H. The molecule has 0 aromatic heterocycles. The monoisotopic (exact) mass is 269 g/mol. The average Bonchev–Trinajstić information content (AvgIpc) is 2.36. The SMILES string of the molecule is CCCNC1CCc2ccc(COC)cc2C1.Cl. The Bertz CT molecular complexity index is 368. The number of ether oxygens (including phenoxy) is 1. The highest BCUT2D eigenvalue weighted by molar-refractivity contribution is 5.85. The molecule has 1 aliphatic carbocycles. The number of benzene rings is 1. The number of fused-ring (bicyclic) bond motifs is 1. The molecule has 0 amide bonds. The second-order valence-electron chi connectivity index (χ2n) is 4.93. The van der Waals surface area contributed by atoms with Crippen LogP contribution >= 0.6 is 12.4 Å². The van der Waals surface area contributed by atoms with E-state index in [2.05, 4.69) is 30.4 Å². The van der Waals surface area contributed by atoms with Crippen molar-refractivity contribution in [2.45, 2.75) is 45.3 Å². The normalized spacial score (nSPS) is 18.0. The summed E-state index contributed by atoms with van der Waals surface area (Å²) < 4.78 is 5.20. The lowest BCUT2D eigenvalue weighted by Crippen LogP contribution is -2.35. The van der Waals surface area contributed by atoms with E-state index in [1.807, 2.05) is 0 Å². The second kappa shape index (κ2) is 7.78. The third-order valence-electron chi connectivity index (χ3n) is 3.49. The van der Waals surface area contributed by atoms with Gasteiger partial charge in [-0.25, -0.2) is 0 Å². The summed E-state index contributed by atoms with van der Waals surface area (Å²) in [6.45, 7) is 4.08. The van der Waals surface area contributed by atoms with Gasteiger partial charge in [0.2, 0.25) is 0 Å². The molecule has 1 aromatic rings. The third-order valence-corrected chi connectivity index (χ3v) is 3.49. The van der Waals surface area contributed by atoms with E-state index in [0.717, 1.165) is 13.2 Å². The molecule has 2 rings (SSSR count). The van der Waals surface area contributed by atoms with Gasteiger partial charge in [0.25, 0.3) is 0 Å². The van der Waals surface area contributed by atoms with E-state index in [1.165, 1.54) is 42.4 Å². The lowest BCUT2D eigenvalue weighted by Gasteiger charge is -2.26. The zero-order valence-electron chi connectivity index (χ0n) is 11.4. The van der Waals surface area contributed by atoms with E-state index >= 15 is 0 Å². The van der Waals surface area contributed by atoms with Crippen molar-refractivity contribution >= 4 is 12.4 Å². The van der Waals surface area contributed by atoms with E-state index < -0.39 is 0 Å². The Labute approximate surface area is 117 Å². The first-order chi connectivity index (χ1) is 8.33. The lowest BCUT2D eigenvalue weighted by atomic mass is 9.87. The predicted octanol–water partition coefficient (Wildman–Crippen LogP) is 3.11. The zero-order valence-corrected chi connectivity index (χ0v) is 12.2. The summed E-state index contributed by atoms with van der Waals surface area (Å²) in [6, 6.07) is 7.46. The molecule has 0 radical (unpaired) electrons. The molecule has 2 nitrogen and oxygen atoms in total. The number of halogens is 1. The predicted molar refractivity (Wildman–Crippen MR) is 78.5 cm³/mol. The van der Waals surface area contributed by atoms with Crippen LogP contribution in [-0.2, 0) is 24.2 Å². The largest absolute Gasteiger partial charge is 0.380 e. The first-order valence-corrected chi connectivity index (χ1v) is 6.66. The number of hydrogen-bond donors (Lipinski definition) is 1. The molecule has 0 saturated carbocycles. The molecule has 0 aliphatic heterocycles. The fraction of sp³-hybridized carbons (Fsp3) is 0.600. The van der Waals surface area contributed by atoms with Gasteiger partial charge in [-0.05, 0) is 48.9 Å². The summed E-state index contributed by atoms with van der Waals surface area (Å²) in [6.07, 6.45) is 4.88. The van der Waals surface area contributed by atoms with Gasteiger partial charge in [0.1, 0.15) is 0 Å². The Morgan fingerprint density at radius 3 is 2.89 bits per heavy atom. The van der Waals surface area contributed by atoms with Gasteiger partial charge in [-0.3, -0.25) is 0 Å².